The lowest BCUT2D eigenvalue weighted by Crippen LogP contribution is -2.19. The molecule has 0 aliphatic heterocycles. The molecule has 0 radical (unpaired) electrons. The molecule has 6 heteroatoms. The topological polar surface area (TPSA) is 21.3 Å². The Labute approximate surface area is 138 Å². The third kappa shape index (κ3) is 3.27. The molecule has 0 aromatic heterocycles. The fourth-order valence-corrected chi connectivity index (χ4v) is 3.02. The third-order valence-corrected chi connectivity index (χ3v) is 4.61. The molecule has 0 aliphatic carbocycles. The Balaban J connectivity index is 2.61. The van der Waals surface area contributed by atoms with E-state index in [4.69, 9.17) is 4.74 Å². The summed E-state index contributed by atoms with van der Waals surface area (Å²) in [6.07, 6.45) is 0. The Morgan fingerprint density at radius 3 is 2.43 bits per heavy atom. The van der Waals surface area contributed by atoms with Crippen molar-refractivity contribution >= 4 is 31.9 Å². The van der Waals surface area contributed by atoms with Crippen LogP contribution in [0.15, 0.2) is 39.3 Å². The molecule has 0 saturated heterocycles. The maximum absolute atomic E-state index is 13.7. The van der Waals surface area contributed by atoms with E-state index in [1.165, 1.54) is 19.2 Å². The predicted molar refractivity (Wildman–Crippen MR) is 85.7 cm³/mol. The van der Waals surface area contributed by atoms with Crippen LogP contribution in [0.2, 0.25) is 0 Å². The highest BCUT2D eigenvalue weighted by atomic mass is 79.9. The van der Waals surface area contributed by atoms with E-state index in [1.54, 1.807) is 25.2 Å². The first kappa shape index (κ1) is 16.4. The molecule has 2 aromatic carbocycles. The van der Waals surface area contributed by atoms with E-state index in [0.29, 0.717) is 25.8 Å². The molecule has 112 valence electrons. The Morgan fingerprint density at radius 1 is 1.10 bits per heavy atom. The zero-order valence-corrected chi connectivity index (χ0v) is 14.6. The standard InChI is InChI=1S/C15H13Br2F2NO/c1-20-15(8-4-3-5-11(18)14(8)17)9-6-10(16)12(19)7-13(9)21-2/h3-7,15,20H,1-2H3. The molecular formula is C15H13Br2F2NO. The molecule has 0 bridgehead atoms. The van der Waals surface area contributed by atoms with Crippen LogP contribution >= 0.6 is 31.9 Å². The highest BCUT2D eigenvalue weighted by Crippen LogP contribution is 2.37. The molecule has 1 N–H and O–H groups in total. The van der Waals surface area contributed by atoms with E-state index in [0.717, 1.165) is 0 Å². The van der Waals surface area contributed by atoms with Gasteiger partial charge in [0, 0.05) is 11.6 Å². The van der Waals surface area contributed by atoms with Crippen molar-refractivity contribution < 1.29 is 13.5 Å². The van der Waals surface area contributed by atoms with Gasteiger partial charge in [0.05, 0.1) is 22.1 Å². The number of hydrogen-bond acceptors (Lipinski definition) is 2. The van der Waals surface area contributed by atoms with Gasteiger partial charge in [0.15, 0.2) is 0 Å². The summed E-state index contributed by atoms with van der Waals surface area (Å²) < 4.78 is 33.3. The summed E-state index contributed by atoms with van der Waals surface area (Å²) in [5, 5.41) is 3.10. The summed E-state index contributed by atoms with van der Waals surface area (Å²) in [6.45, 7) is 0. The van der Waals surface area contributed by atoms with Crippen LogP contribution in [-0.2, 0) is 0 Å². The minimum absolute atomic E-state index is 0.325. The van der Waals surface area contributed by atoms with Gasteiger partial charge in [-0.25, -0.2) is 8.78 Å². The van der Waals surface area contributed by atoms with Gasteiger partial charge >= 0.3 is 0 Å². The second-order valence-corrected chi connectivity index (χ2v) is 6.02. The first-order valence-corrected chi connectivity index (χ1v) is 7.72. The molecule has 1 atom stereocenters. The summed E-state index contributed by atoms with van der Waals surface area (Å²) in [4.78, 5) is 0. The van der Waals surface area contributed by atoms with Crippen LogP contribution in [0, 0.1) is 11.6 Å². The largest absolute Gasteiger partial charge is 0.496 e. The predicted octanol–water partition coefficient (Wildman–Crippen LogP) is 4.81. The van der Waals surface area contributed by atoms with Crippen LogP contribution in [0.25, 0.3) is 0 Å². The second kappa shape index (κ2) is 6.85. The molecular weight excluding hydrogens is 408 g/mol. The quantitative estimate of drug-likeness (QED) is 0.766. The SMILES string of the molecule is CNC(c1cc(Br)c(F)cc1OC)c1cccc(F)c1Br. The van der Waals surface area contributed by atoms with Crippen molar-refractivity contribution in [2.45, 2.75) is 6.04 Å². The Hall–Kier alpha value is -0.980. The number of hydrogen-bond donors (Lipinski definition) is 1. The summed E-state index contributed by atoms with van der Waals surface area (Å²) >= 11 is 6.43. The van der Waals surface area contributed by atoms with E-state index in [-0.39, 0.29) is 11.9 Å². The molecule has 0 aliphatic rings. The number of nitrogens with one attached hydrogen (secondary N) is 1. The van der Waals surface area contributed by atoms with Gasteiger partial charge in [-0.2, -0.15) is 0 Å². The van der Waals surface area contributed by atoms with Crippen molar-refractivity contribution in [2.24, 2.45) is 0 Å². The average Bonchev–Trinajstić information content (AvgIpc) is 2.47. The van der Waals surface area contributed by atoms with Crippen LogP contribution in [-0.4, -0.2) is 14.2 Å². The first-order chi connectivity index (χ1) is 9.99. The van der Waals surface area contributed by atoms with Gasteiger partial charge < -0.3 is 10.1 Å². The third-order valence-electron chi connectivity index (χ3n) is 3.16. The average molecular weight is 421 g/mol. The van der Waals surface area contributed by atoms with E-state index >= 15 is 0 Å². The molecule has 2 rings (SSSR count). The lowest BCUT2D eigenvalue weighted by Gasteiger charge is -2.21. The smallest absolute Gasteiger partial charge is 0.141 e. The van der Waals surface area contributed by atoms with Crippen LogP contribution in [0.5, 0.6) is 5.75 Å². The molecule has 21 heavy (non-hydrogen) atoms. The maximum atomic E-state index is 13.7. The molecule has 0 spiro atoms. The fourth-order valence-electron chi connectivity index (χ4n) is 2.17. The molecule has 0 amide bonds. The van der Waals surface area contributed by atoms with Gasteiger partial charge in [-0.05, 0) is 56.6 Å². The van der Waals surface area contributed by atoms with Gasteiger partial charge in [0.2, 0.25) is 0 Å². The minimum Gasteiger partial charge on any atom is -0.496 e. The lowest BCUT2D eigenvalue weighted by molar-refractivity contribution is 0.401. The Morgan fingerprint density at radius 2 is 1.81 bits per heavy atom. The number of methoxy groups -OCH3 is 1. The molecule has 2 nitrogen and oxygen atoms in total. The number of benzene rings is 2. The van der Waals surface area contributed by atoms with Crippen LogP contribution in [0.1, 0.15) is 17.2 Å². The first-order valence-electron chi connectivity index (χ1n) is 6.13. The Kier molecular flexibility index (Phi) is 5.35. The summed E-state index contributed by atoms with van der Waals surface area (Å²) in [5.41, 5.74) is 1.41. The van der Waals surface area contributed by atoms with Crippen LogP contribution in [0.3, 0.4) is 0 Å². The monoisotopic (exact) mass is 419 g/mol. The molecule has 1 unspecified atom stereocenters. The summed E-state index contributed by atoms with van der Waals surface area (Å²) in [5.74, 6) is -0.372. The zero-order chi connectivity index (χ0) is 15.6. The summed E-state index contributed by atoms with van der Waals surface area (Å²) in [7, 11) is 3.22. The number of halogens is 4. The molecule has 2 aromatic rings. The van der Waals surface area contributed by atoms with Gasteiger partial charge in [-0.15, -0.1) is 0 Å². The van der Waals surface area contributed by atoms with Crippen molar-refractivity contribution in [3.05, 3.63) is 62.0 Å². The highest BCUT2D eigenvalue weighted by molar-refractivity contribution is 9.10. The zero-order valence-electron chi connectivity index (χ0n) is 11.4. The highest BCUT2D eigenvalue weighted by Gasteiger charge is 2.22. The maximum Gasteiger partial charge on any atom is 0.141 e. The molecule has 0 saturated carbocycles. The normalized spacial score (nSPS) is 12.3. The molecule has 0 fully saturated rings. The number of rotatable bonds is 4. The lowest BCUT2D eigenvalue weighted by atomic mass is 9.97. The molecule has 0 heterocycles. The summed E-state index contributed by atoms with van der Waals surface area (Å²) in [6, 6.07) is 7.39. The van der Waals surface area contributed by atoms with Gasteiger partial charge in [-0.1, -0.05) is 12.1 Å². The van der Waals surface area contributed by atoms with E-state index in [9.17, 15) is 8.78 Å². The number of ether oxygens (including phenoxy) is 1. The Bertz CT molecular complexity index is 664. The van der Waals surface area contributed by atoms with Crippen molar-refractivity contribution in [2.75, 3.05) is 14.2 Å². The van der Waals surface area contributed by atoms with Crippen LogP contribution < -0.4 is 10.1 Å². The van der Waals surface area contributed by atoms with Crippen molar-refractivity contribution in [3.8, 4) is 5.75 Å². The van der Waals surface area contributed by atoms with E-state index in [1.807, 2.05) is 0 Å². The second-order valence-electron chi connectivity index (χ2n) is 4.37. The van der Waals surface area contributed by atoms with Crippen molar-refractivity contribution in [1.29, 1.82) is 0 Å². The fraction of sp³-hybridized carbons (Fsp3) is 0.200. The van der Waals surface area contributed by atoms with Crippen molar-refractivity contribution in [1.82, 2.24) is 5.32 Å². The van der Waals surface area contributed by atoms with E-state index in [2.05, 4.69) is 37.2 Å². The van der Waals surface area contributed by atoms with Crippen molar-refractivity contribution in [3.63, 3.8) is 0 Å². The van der Waals surface area contributed by atoms with E-state index < -0.39 is 5.82 Å². The minimum atomic E-state index is -0.413. The van der Waals surface area contributed by atoms with Gasteiger partial charge in [-0.3, -0.25) is 0 Å². The van der Waals surface area contributed by atoms with Crippen LogP contribution in [0.4, 0.5) is 8.78 Å². The van der Waals surface area contributed by atoms with Gasteiger partial charge in [0.1, 0.15) is 17.4 Å². The van der Waals surface area contributed by atoms with Gasteiger partial charge in [0.25, 0.3) is 0 Å².